The molecular formula is C37H44N6O7S. The number of benzene rings is 2. The SMILES string of the molecule is CCOc1ncccc1C1(CC(=O)N2CCN(C3CCN(C)CC3)CC2)C(=O)N(S(=O)(=O)c2ccc(OC)cc2)c2cc(OC)c(C#N)c(C)c21. The van der Waals surface area contributed by atoms with Gasteiger partial charge in [-0.05, 0) is 82.7 Å². The number of nitrogens with zero attached hydrogens (tertiary/aromatic N) is 6. The molecule has 2 amide bonds. The minimum absolute atomic E-state index is 0.00430. The normalized spacial score (nSPS) is 20.2. The third-order valence-corrected chi connectivity index (χ3v) is 12.2. The molecule has 3 aliphatic rings. The number of piperazine rings is 1. The van der Waals surface area contributed by atoms with Gasteiger partial charge in [0.25, 0.3) is 15.9 Å². The second-order valence-electron chi connectivity index (χ2n) is 13.2. The number of amides is 2. The number of methoxy groups -OCH3 is 2. The van der Waals surface area contributed by atoms with E-state index >= 15 is 4.79 Å². The third kappa shape index (κ3) is 6.28. The van der Waals surface area contributed by atoms with E-state index in [9.17, 15) is 18.5 Å². The van der Waals surface area contributed by atoms with Gasteiger partial charge in [0.2, 0.25) is 11.8 Å². The van der Waals surface area contributed by atoms with Gasteiger partial charge in [-0.3, -0.25) is 14.5 Å². The van der Waals surface area contributed by atoms with Crippen LogP contribution in [0.25, 0.3) is 0 Å². The second kappa shape index (κ2) is 14.5. The maximum atomic E-state index is 15.4. The van der Waals surface area contributed by atoms with Crippen molar-refractivity contribution in [1.29, 1.82) is 5.26 Å². The summed E-state index contributed by atoms with van der Waals surface area (Å²) in [5.41, 5.74) is -1.03. The van der Waals surface area contributed by atoms with Crippen LogP contribution in [0.4, 0.5) is 5.69 Å². The quantitative estimate of drug-likeness (QED) is 0.305. The molecule has 6 rings (SSSR count). The molecule has 0 saturated carbocycles. The Labute approximate surface area is 299 Å². The van der Waals surface area contributed by atoms with E-state index in [-0.39, 0.29) is 51.4 Å². The molecular weight excluding hydrogens is 673 g/mol. The lowest BCUT2D eigenvalue weighted by atomic mass is 9.70. The standard InChI is InChI=1S/C37H44N6O7S/c1-6-50-35-30(8-7-15-39-35)37(23-33(44)42-20-18-41(19-21-42)26-13-16-40(3)17-14-26)34-25(2)29(24-38)32(49-5)22-31(34)43(36(37)45)51(46,47)28-11-9-27(48-4)10-12-28/h7-12,15,22,26H,6,13-14,16-21,23H2,1-5H3. The van der Waals surface area contributed by atoms with E-state index in [1.54, 1.807) is 30.9 Å². The number of nitriles is 1. The van der Waals surface area contributed by atoms with Crippen LogP contribution in [-0.2, 0) is 25.0 Å². The van der Waals surface area contributed by atoms with Crippen LogP contribution in [0.3, 0.4) is 0 Å². The summed E-state index contributed by atoms with van der Waals surface area (Å²) >= 11 is 0. The van der Waals surface area contributed by atoms with E-state index in [4.69, 9.17) is 14.2 Å². The molecule has 1 unspecified atom stereocenters. The van der Waals surface area contributed by atoms with Crippen molar-refractivity contribution >= 4 is 27.5 Å². The first kappa shape index (κ1) is 36.1. The van der Waals surface area contributed by atoms with Gasteiger partial charge in [-0.25, -0.2) is 17.7 Å². The highest BCUT2D eigenvalue weighted by Gasteiger charge is 2.60. The van der Waals surface area contributed by atoms with Crippen LogP contribution in [0.1, 0.15) is 48.4 Å². The van der Waals surface area contributed by atoms with E-state index in [1.165, 1.54) is 50.7 Å². The smallest absolute Gasteiger partial charge is 0.270 e. The van der Waals surface area contributed by atoms with Gasteiger partial charge in [-0.1, -0.05) is 6.07 Å². The van der Waals surface area contributed by atoms with Crippen molar-refractivity contribution < 1.29 is 32.2 Å². The van der Waals surface area contributed by atoms with Gasteiger partial charge in [0.15, 0.2) is 0 Å². The van der Waals surface area contributed by atoms with E-state index in [0.717, 1.165) is 30.2 Å². The average Bonchev–Trinajstić information content (AvgIpc) is 3.40. The summed E-state index contributed by atoms with van der Waals surface area (Å²) in [6.45, 7) is 8.01. The van der Waals surface area contributed by atoms with Crippen LogP contribution in [-0.4, -0.2) is 113 Å². The van der Waals surface area contributed by atoms with Crippen LogP contribution in [0, 0.1) is 18.3 Å². The van der Waals surface area contributed by atoms with Gasteiger partial charge < -0.3 is 24.0 Å². The largest absolute Gasteiger partial charge is 0.497 e. The van der Waals surface area contributed by atoms with Crippen molar-refractivity contribution in [2.75, 3.05) is 71.4 Å². The Morgan fingerprint density at radius 3 is 2.33 bits per heavy atom. The summed E-state index contributed by atoms with van der Waals surface area (Å²) in [7, 11) is 0.388. The number of hydrogen-bond acceptors (Lipinski definition) is 11. The number of piperidine rings is 1. The third-order valence-electron chi connectivity index (χ3n) is 10.4. The highest BCUT2D eigenvalue weighted by molar-refractivity contribution is 7.93. The van der Waals surface area contributed by atoms with E-state index in [0.29, 0.717) is 43.5 Å². The van der Waals surface area contributed by atoms with Gasteiger partial charge in [-0.15, -0.1) is 0 Å². The van der Waals surface area contributed by atoms with Crippen molar-refractivity contribution in [3.8, 4) is 23.4 Å². The van der Waals surface area contributed by atoms with Crippen LogP contribution < -0.4 is 18.5 Å². The number of carbonyl (C=O) groups excluding carboxylic acids is 2. The number of ether oxygens (including phenoxy) is 3. The summed E-state index contributed by atoms with van der Waals surface area (Å²) in [5, 5.41) is 10.3. The first-order valence-corrected chi connectivity index (χ1v) is 18.6. The zero-order valence-electron chi connectivity index (χ0n) is 29.7. The number of fused-ring (bicyclic) bond motifs is 1. The van der Waals surface area contributed by atoms with Gasteiger partial charge in [0, 0.05) is 62.0 Å². The molecule has 2 aromatic carbocycles. The number of carbonyl (C=O) groups is 2. The molecule has 0 radical (unpaired) electrons. The zero-order valence-corrected chi connectivity index (χ0v) is 30.5. The summed E-state index contributed by atoms with van der Waals surface area (Å²) in [6, 6.07) is 13.0. The molecule has 0 aliphatic carbocycles. The molecule has 3 aromatic rings. The van der Waals surface area contributed by atoms with Gasteiger partial charge in [0.1, 0.15) is 23.0 Å². The predicted octanol–water partition coefficient (Wildman–Crippen LogP) is 3.33. The van der Waals surface area contributed by atoms with Crippen molar-refractivity contribution in [2.24, 2.45) is 0 Å². The lowest BCUT2D eigenvalue weighted by Crippen LogP contribution is -2.55. The first-order chi connectivity index (χ1) is 24.5. The molecule has 0 spiro atoms. The predicted molar refractivity (Wildman–Crippen MR) is 190 cm³/mol. The Bertz CT molecular complexity index is 1950. The van der Waals surface area contributed by atoms with Crippen LogP contribution in [0.2, 0.25) is 0 Å². The molecule has 2 saturated heterocycles. The molecule has 3 aliphatic heterocycles. The summed E-state index contributed by atoms with van der Waals surface area (Å²) in [5.74, 6) is -0.566. The number of hydrogen-bond donors (Lipinski definition) is 0. The highest BCUT2D eigenvalue weighted by atomic mass is 32.2. The molecule has 13 nitrogen and oxygen atoms in total. The lowest BCUT2D eigenvalue weighted by molar-refractivity contribution is -0.137. The van der Waals surface area contributed by atoms with Crippen LogP contribution in [0.5, 0.6) is 17.4 Å². The van der Waals surface area contributed by atoms with Crippen LogP contribution >= 0.6 is 0 Å². The molecule has 51 heavy (non-hydrogen) atoms. The fraction of sp³-hybridized carbons (Fsp3) is 0.459. The highest BCUT2D eigenvalue weighted by Crippen LogP contribution is 2.55. The molecule has 14 heteroatoms. The summed E-state index contributed by atoms with van der Waals surface area (Å²) < 4.78 is 46.7. The van der Waals surface area contributed by atoms with Gasteiger partial charge in [-0.2, -0.15) is 5.26 Å². The van der Waals surface area contributed by atoms with E-state index in [2.05, 4.69) is 27.9 Å². The van der Waals surface area contributed by atoms with Gasteiger partial charge >= 0.3 is 0 Å². The maximum Gasteiger partial charge on any atom is 0.270 e. The fourth-order valence-corrected chi connectivity index (χ4v) is 9.23. The summed E-state index contributed by atoms with van der Waals surface area (Å²) in [4.78, 5) is 40.8. The number of pyridine rings is 1. The molecule has 1 atom stereocenters. The Hall–Kier alpha value is -4.71. The monoisotopic (exact) mass is 716 g/mol. The van der Waals surface area contributed by atoms with E-state index < -0.39 is 27.8 Å². The minimum atomic E-state index is -4.58. The molecule has 0 N–H and O–H groups in total. The lowest BCUT2D eigenvalue weighted by Gasteiger charge is -2.42. The number of sulfonamides is 1. The zero-order chi connectivity index (χ0) is 36.5. The minimum Gasteiger partial charge on any atom is -0.497 e. The Morgan fingerprint density at radius 1 is 1.04 bits per heavy atom. The Kier molecular flexibility index (Phi) is 10.3. The number of rotatable bonds is 10. The van der Waals surface area contributed by atoms with Gasteiger partial charge in [0.05, 0.1) is 37.0 Å². The number of anilines is 1. The van der Waals surface area contributed by atoms with Crippen molar-refractivity contribution in [2.45, 2.75) is 49.5 Å². The Morgan fingerprint density at radius 2 is 1.73 bits per heavy atom. The number of aromatic nitrogens is 1. The Balaban J connectivity index is 1.50. The topological polar surface area (TPSA) is 146 Å². The van der Waals surface area contributed by atoms with Crippen LogP contribution in [0.15, 0.2) is 53.6 Å². The maximum absolute atomic E-state index is 15.4. The van der Waals surface area contributed by atoms with Crippen molar-refractivity contribution in [3.63, 3.8) is 0 Å². The summed E-state index contributed by atoms with van der Waals surface area (Å²) in [6.07, 6.45) is 3.25. The van der Waals surface area contributed by atoms with Crippen molar-refractivity contribution in [3.05, 3.63) is 70.9 Å². The molecule has 270 valence electrons. The number of likely N-dealkylation sites (tertiary alicyclic amines) is 1. The fourth-order valence-electron chi connectivity index (χ4n) is 7.76. The second-order valence-corrected chi connectivity index (χ2v) is 14.9. The molecule has 1 aromatic heterocycles. The first-order valence-electron chi connectivity index (χ1n) is 17.2. The molecule has 2 fully saturated rings. The van der Waals surface area contributed by atoms with E-state index in [1.807, 2.05) is 0 Å². The van der Waals surface area contributed by atoms with Crippen molar-refractivity contribution in [1.82, 2.24) is 19.7 Å². The molecule has 0 bridgehead atoms. The molecule has 4 heterocycles. The average molecular weight is 717 g/mol.